The quantitative estimate of drug-likeness (QED) is 0.696. The lowest BCUT2D eigenvalue weighted by atomic mass is 9.74. The Kier molecular flexibility index (Phi) is 4.70. The van der Waals surface area contributed by atoms with E-state index in [9.17, 15) is 4.79 Å². The minimum absolute atomic E-state index is 0.187. The highest BCUT2D eigenvalue weighted by Gasteiger charge is 2.44. The van der Waals surface area contributed by atoms with Crippen molar-refractivity contribution < 1.29 is 13.9 Å². The number of carbonyl (C=O) groups is 1. The number of nitrogens with one attached hydrogen (secondary N) is 2. The molecule has 3 fully saturated rings. The number of nitrogens with zero attached hydrogens (tertiary/aromatic N) is 2. The Morgan fingerprint density at radius 3 is 2.68 bits per heavy atom. The number of ether oxygens (including phenoxy) is 1. The zero-order chi connectivity index (χ0) is 21.1. The number of piperidine rings is 1. The fraction of sp³-hybridized carbons (Fsp3) is 0.652. The molecule has 2 N–H and O–H groups in total. The Hall–Kier alpha value is -1.83. The van der Waals surface area contributed by atoms with Crippen LogP contribution in [0.4, 0.5) is 10.5 Å². The molecule has 2 amide bonds. The largest absolute Gasteiger partial charge is 0.439 e. The average Bonchev–Trinajstić information content (AvgIpc) is 3.37. The van der Waals surface area contributed by atoms with Gasteiger partial charge in [0.1, 0.15) is 5.52 Å². The Morgan fingerprint density at radius 2 is 1.94 bits per heavy atom. The van der Waals surface area contributed by atoms with Crippen molar-refractivity contribution in [3.05, 3.63) is 22.5 Å². The fourth-order valence-electron chi connectivity index (χ4n) is 6.10. The Morgan fingerprint density at radius 1 is 1.13 bits per heavy atom. The van der Waals surface area contributed by atoms with Crippen molar-refractivity contribution in [2.45, 2.75) is 63.5 Å². The number of halogens is 1. The van der Waals surface area contributed by atoms with Crippen molar-refractivity contribution in [3.63, 3.8) is 0 Å². The molecular weight excluding hydrogens is 416 g/mol. The van der Waals surface area contributed by atoms with Crippen LogP contribution in [0.1, 0.15) is 62.8 Å². The normalized spacial score (nSPS) is 25.0. The van der Waals surface area contributed by atoms with E-state index in [0.717, 1.165) is 74.5 Å². The molecule has 166 valence electrons. The molecule has 2 aromatic rings. The van der Waals surface area contributed by atoms with Crippen molar-refractivity contribution in [2.75, 3.05) is 31.6 Å². The predicted molar refractivity (Wildman–Crippen MR) is 118 cm³/mol. The Labute approximate surface area is 186 Å². The lowest BCUT2D eigenvalue weighted by molar-refractivity contribution is 0.0735. The molecule has 3 aliphatic heterocycles. The highest BCUT2D eigenvalue weighted by molar-refractivity contribution is 6.35. The van der Waals surface area contributed by atoms with Gasteiger partial charge in [-0.1, -0.05) is 30.9 Å². The first-order valence-electron chi connectivity index (χ1n) is 11.6. The van der Waals surface area contributed by atoms with E-state index < -0.39 is 5.54 Å². The predicted octanol–water partition coefficient (Wildman–Crippen LogP) is 4.78. The highest BCUT2D eigenvalue weighted by Crippen LogP contribution is 2.48. The molecule has 8 heteroatoms. The van der Waals surface area contributed by atoms with Crippen LogP contribution >= 0.6 is 11.6 Å². The lowest BCUT2D eigenvalue weighted by Gasteiger charge is -2.42. The minimum atomic E-state index is -0.421. The number of urea groups is 1. The minimum Gasteiger partial charge on any atom is -0.439 e. The molecule has 1 saturated carbocycles. The van der Waals surface area contributed by atoms with Gasteiger partial charge < -0.3 is 19.8 Å². The number of hydrogen-bond donors (Lipinski definition) is 2. The third-order valence-corrected chi connectivity index (χ3v) is 8.21. The van der Waals surface area contributed by atoms with E-state index in [2.05, 4.69) is 15.5 Å². The molecule has 2 spiro atoms. The summed E-state index contributed by atoms with van der Waals surface area (Å²) in [6, 6.07) is 1.64. The van der Waals surface area contributed by atoms with Crippen LogP contribution in [0.3, 0.4) is 0 Å². The van der Waals surface area contributed by atoms with Crippen molar-refractivity contribution in [1.82, 2.24) is 15.2 Å². The van der Waals surface area contributed by atoms with Gasteiger partial charge in [-0.2, -0.15) is 0 Å². The van der Waals surface area contributed by atoms with Gasteiger partial charge in [0, 0.05) is 12.2 Å². The van der Waals surface area contributed by atoms with Gasteiger partial charge in [-0.3, -0.25) is 4.90 Å². The number of aromatic nitrogens is 1. The van der Waals surface area contributed by atoms with Gasteiger partial charge in [0.25, 0.3) is 0 Å². The smallest absolute Gasteiger partial charge is 0.319 e. The summed E-state index contributed by atoms with van der Waals surface area (Å²) >= 11 is 6.61. The third kappa shape index (κ3) is 3.33. The summed E-state index contributed by atoms with van der Waals surface area (Å²) in [7, 11) is 0. The molecule has 6 rings (SSSR count). The van der Waals surface area contributed by atoms with Crippen molar-refractivity contribution in [3.8, 4) is 0 Å². The van der Waals surface area contributed by atoms with Crippen LogP contribution < -0.4 is 10.6 Å². The molecule has 7 nitrogen and oxygen atoms in total. The summed E-state index contributed by atoms with van der Waals surface area (Å²) in [6.07, 6.45) is 8.68. The maximum atomic E-state index is 12.4. The van der Waals surface area contributed by atoms with Crippen LogP contribution in [0.2, 0.25) is 5.02 Å². The number of benzene rings is 1. The zero-order valence-corrected chi connectivity index (χ0v) is 18.5. The summed E-state index contributed by atoms with van der Waals surface area (Å²) in [5, 5.41) is 6.66. The van der Waals surface area contributed by atoms with Gasteiger partial charge in [0.2, 0.25) is 5.89 Å². The van der Waals surface area contributed by atoms with E-state index in [-0.39, 0.29) is 6.03 Å². The van der Waals surface area contributed by atoms with Crippen LogP contribution in [0, 0.1) is 5.41 Å². The molecule has 4 aliphatic rings. The third-order valence-electron chi connectivity index (χ3n) is 7.91. The van der Waals surface area contributed by atoms with Gasteiger partial charge in [-0.15, -0.1) is 0 Å². The van der Waals surface area contributed by atoms with E-state index in [1.807, 2.05) is 6.07 Å². The molecule has 0 atom stereocenters. The van der Waals surface area contributed by atoms with Crippen molar-refractivity contribution in [2.24, 2.45) is 5.41 Å². The maximum Gasteiger partial charge on any atom is 0.319 e. The Balaban J connectivity index is 1.32. The molecule has 0 unspecified atom stereocenters. The van der Waals surface area contributed by atoms with E-state index in [0.29, 0.717) is 22.7 Å². The van der Waals surface area contributed by atoms with Crippen molar-refractivity contribution >= 4 is 34.4 Å². The van der Waals surface area contributed by atoms with Crippen molar-refractivity contribution in [1.29, 1.82) is 0 Å². The number of rotatable bonds is 2. The summed E-state index contributed by atoms with van der Waals surface area (Å²) in [5.74, 6) is 0.723. The number of fused-ring (bicyclic) bond motifs is 4. The number of oxazole rings is 1. The molecule has 1 aromatic heterocycles. The van der Waals surface area contributed by atoms with Gasteiger partial charge in [0.05, 0.1) is 29.4 Å². The second kappa shape index (κ2) is 7.36. The monoisotopic (exact) mass is 444 g/mol. The number of amides is 2. The van der Waals surface area contributed by atoms with E-state index in [1.54, 1.807) is 0 Å². The molecule has 1 aromatic carbocycles. The lowest BCUT2D eigenvalue weighted by Crippen LogP contribution is -2.52. The molecule has 1 aliphatic carbocycles. The number of anilines is 1. The van der Waals surface area contributed by atoms with Crippen LogP contribution in [0.5, 0.6) is 0 Å². The molecular formula is C23H29ClN4O3. The van der Waals surface area contributed by atoms with Gasteiger partial charge in [-0.05, 0) is 56.7 Å². The van der Waals surface area contributed by atoms with Gasteiger partial charge in [-0.25, -0.2) is 9.78 Å². The zero-order valence-electron chi connectivity index (χ0n) is 17.8. The molecule has 31 heavy (non-hydrogen) atoms. The fourth-order valence-corrected chi connectivity index (χ4v) is 6.35. The molecule has 0 bridgehead atoms. The molecule has 4 heterocycles. The molecule has 2 saturated heterocycles. The number of likely N-dealkylation sites (tertiary alicyclic amines) is 1. The standard InChI is InChI=1S/C23H29ClN4O3/c24-15-12-16-20(18-19(15)26-21(29)27-23(18)4-2-1-3-5-23)31-17(25-16)13-28-9-6-22(7-10-28)8-11-30-14-22/h12H,1-11,13-14H2,(H2,26,27,29). The van der Waals surface area contributed by atoms with E-state index >= 15 is 0 Å². The first kappa shape index (κ1) is 19.8. The van der Waals surface area contributed by atoms with Crippen LogP contribution in [0.15, 0.2) is 10.5 Å². The Bertz CT molecular complexity index is 1010. The summed E-state index contributed by atoms with van der Waals surface area (Å²) in [6.45, 7) is 4.61. The number of hydrogen-bond acceptors (Lipinski definition) is 5. The topological polar surface area (TPSA) is 79.6 Å². The van der Waals surface area contributed by atoms with E-state index in [1.165, 1.54) is 25.7 Å². The second-order valence-corrected chi connectivity index (χ2v) is 10.3. The summed E-state index contributed by atoms with van der Waals surface area (Å²) in [4.78, 5) is 19.7. The van der Waals surface area contributed by atoms with Gasteiger partial charge >= 0.3 is 6.03 Å². The van der Waals surface area contributed by atoms with E-state index in [4.69, 9.17) is 25.7 Å². The number of carbonyl (C=O) groups excluding carboxylic acids is 1. The van der Waals surface area contributed by atoms with Gasteiger partial charge in [0.15, 0.2) is 5.58 Å². The first-order valence-corrected chi connectivity index (χ1v) is 12.0. The second-order valence-electron chi connectivity index (χ2n) is 9.86. The SMILES string of the molecule is O=C1Nc2c(Cl)cc3nc(CN4CCC5(CCOC5)CC4)oc3c2C2(CCCCC2)N1. The van der Waals surface area contributed by atoms with Crippen LogP contribution in [0.25, 0.3) is 11.1 Å². The van der Waals surface area contributed by atoms with Crippen LogP contribution in [-0.4, -0.2) is 42.2 Å². The first-order chi connectivity index (χ1) is 15.1. The summed E-state index contributed by atoms with van der Waals surface area (Å²) in [5.41, 5.74) is 3.18. The molecule has 0 radical (unpaired) electrons. The highest BCUT2D eigenvalue weighted by atomic mass is 35.5. The summed E-state index contributed by atoms with van der Waals surface area (Å²) < 4.78 is 12.0. The van der Waals surface area contributed by atoms with Crippen LogP contribution in [-0.2, 0) is 16.8 Å². The maximum absolute atomic E-state index is 12.4. The average molecular weight is 445 g/mol.